The van der Waals surface area contributed by atoms with Crippen molar-refractivity contribution < 1.29 is 68.3 Å². The van der Waals surface area contributed by atoms with E-state index in [1.54, 1.807) is 58.8 Å². The zero-order valence-corrected chi connectivity index (χ0v) is 30.9. The normalized spacial score (nSPS) is 43.6. The second-order valence-corrected chi connectivity index (χ2v) is 14.6. The van der Waals surface area contributed by atoms with Crippen LogP contribution in [0.2, 0.25) is 0 Å². The molecule has 0 bridgehead atoms. The first kappa shape index (κ1) is 43.3. The number of aliphatic hydroxyl groups excluding tert-OH is 4. The van der Waals surface area contributed by atoms with E-state index in [1.165, 1.54) is 26.2 Å². The lowest BCUT2D eigenvalue weighted by molar-refractivity contribution is -0.344. The van der Waals surface area contributed by atoms with Gasteiger partial charge < -0.3 is 63.6 Å². The zero-order chi connectivity index (χ0) is 38.2. The van der Waals surface area contributed by atoms with Gasteiger partial charge in [-0.1, -0.05) is 25.2 Å². The summed E-state index contributed by atoms with van der Waals surface area (Å²) in [7, 11) is 4.77. The summed E-state index contributed by atoms with van der Waals surface area (Å²) >= 11 is 0. The van der Waals surface area contributed by atoms with Gasteiger partial charge in [0, 0.05) is 31.8 Å². The number of rotatable bonds is 9. The molecule has 3 rings (SSSR count). The number of methoxy groups -OCH3 is 1. The van der Waals surface area contributed by atoms with Gasteiger partial charge in [-0.3, -0.25) is 9.59 Å². The Morgan fingerprint density at radius 1 is 0.980 bits per heavy atom. The molecule has 3 heterocycles. The number of nitrogens with zero attached hydrogens (tertiary/aromatic N) is 1. The number of esters is 1. The Hall–Kier alpha value is -2.15. The van der Waals surface area contributed by atoms with Crippen molar-refractivity contribution in [2.75, 3.05) is 27.8 Å². The van der Waals surface area contributed by atoms with Gasteiger partial charge in [0.25, 0.3) is 0 Å². The molecule has 2 saturated heterocycles. The number of hydrogen-bond donors (Lipinski definition) is 5. The van der Waals surface area contributed by atoms with E-state index >= 15 is 0 Å². The summed E-state index contributed by atoms with van der Waals surface area (Å²) in [5.74, 6) is -2.92. The van der Waals surface area contributed by atoms with Crippen molar-refractivity contribution in [1.29, 1.82) is 0 Å². The van der Waals surface area contributed by atoms with Crippen molar-refractivity contribution in [3.63, 3.8) is 0 Å². The molecular formula is C36H59NO14. The maximum absolute atomic E-state index is 13.1. The quantitative estimate of drug-likeness (QED) is 0.159. The van der Waals surface area contributed by atoms with Crippen LogP contribution in [-0.2, 0) is 42.8 Å². The number of allylic oxidation sites excluding steroid dienone is 3. The van der Waals surface area contributed by atoms with Crippen LogP contribution in [0.15, 0.2) is 24.3 Å². The molecule has 51 heavy (non-hydrogen) atoms. The number of likely N-dealkylation sites (N-methyl/N-ethyl adjacent to an activating group) is 1. The van der Waals surface area contributed by atoms with Crippen molar-refractivity contribution in [3.8, 4) is 0 Å². The Balaban J connectivity index is 1.96. The second kappa shape index (κ2) is 19.3. The molecule has 15 heteroatoms. The average molecular weight is 730 g/mol. The SMILES string of the molecule is COC1[C@H](O)CC(=O)O[C@H](C)[C@@H](CO)C=CC=CC(=O)[C@H](C)C[C@H](CC=O)[C@@H]1O[C@@H]1O[C@H](C)C(O[C@H]2CC(C)(O)[C@@H](O)[C@@H](C)O2)C(N(C)C)C1O. The van der Waals surface area contributed by atoms with Crippen LogP contribution in [0.5, 0.6) is 0 Å². The highest BCUT2D eigenvalue weighted by molar-refractivity contribution is 5.91. The molecule has 15 nitrogen and oxygen atoms in total. The molecule has 0 aliphatic carbocycles. The number of aldehydes is 1. The highest BCUT2D eigenvalue weighted by atomic mass is 16.7. The Kier molecular flexibility index (Phi) is 16.3. The molecule has 0 spiro atoms. The lowest BCUT2D eigenvalue weighted by Gasteiger charge is -2.50. The number of hydrogen-bond acceptors (Lipinski definition) is 15. The summed E-state index contributed by atoms with van der Waals surface area (Å²) in [6, 6.07) is -0.759. The minimum absolute atomic E-state index is 0.0367. The van der Waals surface area contributed by atoms with E-state index in [9.17, 15) is 39.9 Å². The summed E-state index contributed by atoms with van der Waals surface area (Å²) in [5, 5.41) is 54.2. The molecule has 0 aromatic heterocycles. The number of carbonyl (C=O) groups is 3. The van der Waals surface area contributed by atoms with E-state index in [0.29, 0.717) is 6.29 Å². The molecule has 292 valence electrons. The number of aliphatic hydroxyl groups is 5. The van der Waals surface area contributed by atoms with Crippen LogP contribution in [0.25, 0.3) is 0 Å². The van der Waals surface area contributed by atoms with Gasteiger partial charge >= 0.3 is 5.97 Å². The van der Waals surface area contributed by atoms with E-state index in [0.717, 1.165) is 0 Å². The smallest absolute Gasteiger partial charge is 0.308 e. The van der Waals surface area contributed by atoms with E-state index in [4.69, 9.17) is 28.4 Å². The summed E-state index contributed by atoms with van der Waals surface area (Å²) in [4.78, 5) is 39.9. The van der Waals surface area contributed by atoms with Crippen molar-refractivity contribution in [2.45, 2.75) is 139 Å². The first-order valence-electron chi connectivity index (χ1n) is 17.7. The first-order chi connectivity index (χ1) is 23.9. The maximum Gasteiger partial charge on any atom is 0.308 e. The van der Waals surface area contributed by atoms with Crippen LogP contribution < -0.4 is 0 Å². The van der Waals surface area contributed by atoms with Crippen molar-refractivity contribution in [1.82, 2.24) is 4.90 Å². The van der Waals surface area contributed by atoms with Crippen molar-refractivity contribution >= 4 is 18.0 Å². The van der Waals surface area contributed by atoms with Crippen molar-refractivity contribution in [2.24, 2.45) is 17.8 Å². The van der Waals surface area contributed by atoms with Crippen LogP contribution in [0, 0.1) is 17.8 Å². The summed E-state index contributed by atoms with van der Waals surface area (Å²) in [6.45, 7) is 7.81. The van der Waals surface area contributed by atoms with E-state index in [2.05, 4.69) is 0 Å². The molecule has 0 radical (unpaired) electrons. The lowest BCUT2D eigenvalue weighted by atomic mass is 9.83. The fourth-order valence-electron chi connectivity index (χ4n) is 7.18. The fourth-order valence-corrected chi connectivity index (χ4v) is 7.18. The summed E-state index contributed by atoms with van der Waals surface area (Å²) in [5.41, 5.74) is -1.48. The number of carbonyl (C=O) groups excluding carboxylic acids is 3. The molecule has 0 aromatic carbocycles. The monoisotopic (exact) mass is 729 g/mol. The molecule has 0 amide bonds. The Morgan fingerprint density at radius 3 is 2.25 bits per heavy atom. The van der Waals surface area contributed by atoms with Gasteiger partial charge in [0.1, 0.15) is 36.8 Å². The van der Waals surface area contributed by atoms with Gasteiger partial charge in [0.2, 0.25) is 0 Å². The minimum atomic E-state index is -1.51. The summed E-state index contributed by atoms with van der Waals surface area (Å²) in [6.07, 6.45) is -5.53. The third-order valence-corrected chi connectivity index (χ3v) is 10.2. The molecule has 3 aliphatic rings. The van der Waals surface area contributed by atoms with Crippen LogP contribution in [-0.4, -0.2) is 155 Å². The minimum Gasteiger partial charge on any atom is -0.462 e. The topological polar surface area (TPSA) is 211 Å². The predicted molar refractivity (Wildman–Crippen MR) is 182 cm³/mol. The third kappa shape index (κ3) is 11.2. The largest absolute Gasteiger partial charge is 0.462 e. The van der Waals surface area contributed by atoms with Gasteiger partial charge in [-0.15, -0.1) is 0 Å². The van der Waals surface area contributed by atoms with Crippen LogP contribution in [0.1, 0.15) is 60.3 Å². The molecule has 5 N–H and O–H groups in total. The van der Waals surface area contributed by atoms with E-state index in [-0.39, 0.29) is 31.7 Å². The lowest BCUT2D eigenvalue weighted by Crippen LogP contribution is -2.65. The third-order valence-electron chi connectivity index (χ3n) is 10.2. The molecule has 16 atom stereocenters. The molecule has 0 aromatic rings. The van der Waals surface area contributed by atoms with Gasteiger partial charge in [-0.25, -0.2) is 0 Å². The Labute approximate surface area is 300 Å². The molecular weight excluding hydrogens is 670 g/mol. The standard InChI is InChI=1S/C36H59NO14/c1-19-15-23(13-14-38)32(33(46-8)26(41)16-27(42)47-20(2)24(18-39)11-9-10-12-25(19)40)51-35-30(43)29(37(6)7)31(21(3)49-35)50-28-17-36(5,45)34(44)22(4)48-28/h9-12,14,19-24,26,28-35,39,41,43-45H,13,15-18H2,1-8H3/t19-,20-,21-,22-,23+,24-,26-,28+,29?,30?,31?,32+,33?,34+,35+,36?/m1/s1. The number of ketones is 1. The molecule has 2 fully saturated rings. The highest BCUT2D eigenvalue weighted by Crippen LogP contribution is 2.36. The molecule has 5 unspecified atom stereocenters. The van der Waals surface area contributed by atoms with Crippen LogP contribution in [0.3, 0.4) is 0 Å². The van der Waals surface area contributed by atoms with Gasteiger partial charge in [0.05, 0.1) is 49.1 Å². The van der Waals surface area contributed by atoms with Crippen molar-refractivity contribution in [3.05, 3.63) is 24.3 Å². The Morgan fingerprint density at radius 2 is 1.67 bits per heavy atom. The van der Waals surface area contributed by atoms with Gasteiger partial charge in [0.15, 0.2) is 18.4 Å². The van der Waals surface area contributed by atoms with Crippen LogP contribution >= 0.6 is 0 Å². The van der Waals surface area contributed by atoms with Crippen LogP contribution in [0.4, 0.5) is 0 Å². The average Bonchev–Trinajstić information content (AvgIpc) is 3.04. The Bertz CT molecular complexity index is 1190. The number of ether oxygens (including phenoxy) is 6. The predicted octanol–water partition coefficient (Wildman–Crippen LogP) is 0.272. The highest BCUT2D eigenvalue weighted by Gasteiger charge is 2.51. The van der Waals surface area contributed by atoms with Gasteiger partial charge in [-0.2, -0.15) is 0 Å². The summed E-state index contributed by atoms with van der Waals surface area (Å²) < 4.78 is 36.1. The van der Waals surface area contributed by atoms with E-state index in [1.807, 2.05) is 0 Å². The molecule has 0 saturated carbocycles. The number of cyclic esters (lactones) is 1. The van der Waals surface area contributed by atoms with E-state index < -0.39 is 109 Å². The maximum atomic E-state index is 13.1. The fraction of sp³-hybridized carbons (Fsp3) is 0.806. The zero-order valence-electron chi connectivity index (χ0n) is 30.9. The second-order valence-electron chi connectivity index (χ2n) is 14.6. The van der Waals surface area contributed by atoms with Gasteiger partial charge in [-0.05, 0) is 60.2 Å². The first-order valence-corrected chi connectivity index (χ1v) is 17.7. The molecule has 3 aliphatic heterocycles.